The van der Waals surface area contributed by atoms with Gasteiger partial charge in [0.25, 0.3) is 5.90 Å². The summed E-state index contributed by atoms with van der Waals surface area (Å²) in [6.45, 7) is 0.538. The molecule has 0 spiro atoms. The van der Waals surface area contributed by atoms with Crippen molar-refractivity contribution in [3.63, 3.8) is 0 Å². The van der Waals surface area contributed by atoms with E-state index >= 15 is 0 Å². The number of rotatable bonds is 15. The highest BCUT2D eigenvalue weighted by Gasteiger charge is 2.52. The van der Waals surface area contributed by atoms with Crippen LogP contribution in [0.1, 0.15) is 22.3 Å². The summed E-state index contributed by atoms with van der Waals surface area (Å²) in [4.78, 5) is 3.85. The predicted octanol–water partition coefficient (Wildman–Crippen LogP) is 8.99. The maximum absolute atomic E-state index is 14.6. The summed E-state index contributed by atoms with van der Waals surface area (Å²) in [5, 5.41) is 0. The van der Waals surface area contributed by atoms with E-state index in [4.69, 9.17) is 28.4 Å². The zero-order valence-corrected chi connectivity index (χ0v) is 28.4. The van der Waals surface area contributed by atoms with E-state index in [0.29, 0.717) is 0 Å². The van der Waals surface area contributed by atoms with Gasteiger partial charge < -0.3 is 28.4 Å². The van der Waals surface area contributed by atoms with Gasteiger partial charge in [0, 0.05) is 0 Å². The van der Waals surface area contributed by atoms with Crippen LogP contribution < -0.4 is 0 Å². The topological polar surface area (TPSA) is 67.7 Å². The number of nitrogens with zero attached hydrogens (tertiary/aromatic N) is 1. The fourth-order valence-electron chi connectivity index (χ4n) is 5.73. The molecule has 0 aromatic heterocycles. The molecular weight excluding hydrogens is 671 g/mol. The highest BCUT2D eigenvalue weighted by molar-refractivity contribution is 5.84. The average Bonchev–Trinajstić information content (AvgIpc) is 3.17. The molecule has 1 aliphatic rings. The fraction of sp³-hybridized carbons (Fsp3) is 0.262. The van der Waals surface area contributed by atoms with Gasteiger partial charge in [0.2, 0.25) is 6.29 Å². The number of ether oxygens (including phenoxy) is 6. The Labute approximate surface area is 301 Å². The third kappa shape index (κ3) is 10.8. The second-order valence-electron chi connectivity index (χ2n) is 12.2. The van der Waals surface area contributed by atoms with Gasteiger partial charge in [0.1, 0.15) is 24.4 Å². The van der Waals surface area contributed by atoms with Crippen LogP contribution in [0.2, 0.25) is 0 Å². The Morgan fingerprint density at radius 2 is 0.923 bits per heavy atom. The fourth-order valence-corrected chi connectivity index (χ4v) is 5.73. The Kier molecular flexibility index (Phi) is 13.2. The SMILES string of the molecule is FC(F)(F)C(=Nc1ccccc1)O[C@@H]1O[C@H](COCc2ccccc2)[C@@H](OCc2ccccc2)[C@H](OCc2ccccc2)[C@H]1OCc1ccccc1. The summed E-state index contributed by atoms with van der Waals surface area (Å²) in [6.07, 6.45) is -10.5. The van der Waals surface area contributed by atoms with Gasteiger partial charge >= 0.3 is 6.18 Å². The second-order valence-corrected chi connectivity index (χ2v) is 12.2. The summed E-state index contributed by atoms with van der Waals surface area (Å²) in [5.41, 5.74) is 3.53. The quantitative estimate of drug-likeness (QED) is 0.0798. The average molecular weight is 712 g/mol. The largest absolute Gasteiger partial charge is 0.468 e. The predicted molar refractivity (Wildman–Crippen MR) is 190 cm³/mol. The number of hydrogen-bond acceptors (Lipinski definition) is 7. The Morgan fingerprint density at radius 1 is 0.519 bits per heavy atom. The van der Waals surface area contributed by atoms with Crippen LogP contribution in [0.4, 0.5) is 18.9 Å². The van der Waals surface area contributed by atoms with E-state index in [-0.39, 0.29) is 38.7 Å². The molecule has 7 nitrogen and oxygen atoms in total. The molecule has 0 radical (unpaired) electrons. The molecule has 1 heterocycles. The Balaban J connectivity index is 1.37. The maximum atomic E-state index is 14.6. The van der Waals surface area contributed by atoms with Crippen LogP contribution >= 0.6 is 0 Å². The first-order valence-electron chi connectivity index (χ1n) is 17.0. The molecule has 1 aliphatic heterocycles. The van der Waals surface area contributed by atoms with Gasteiger partial charge in [-0.2, -0.15) is 13.2 Å². The van der Waals surface area contributed by atoms with Crippen molar-refractivity contribution in [3.05, 3.63) is 174 Å². The van der Waals surface area contributed by atoms with E-state index in [0.717, 1.165) is 22.3 Å². The number of halogens is 3. The number of para-hydroxylation sites is 1. The zero-order chi connectivity index (χ0) is 36.0. The van der Waals surface area contributed by atoms with Crippen LogP contribution in [-0.2, 0) is 54.8 Å². The summed E-state index contributed by atoms with van der Waals surface area (Å²) >= 11 is 0. The zero-order valence-electron chi connectivity index (χ0n) is 28.4. The van der Waals surface area contributed by atoms with Crippen LogP contribution in [0.15, 0.2) is 157 Å². The summed E-state index contributed by atoms with van der Waals surface area (Å²) < 4.78 is 81.8. The highest BCUT2D eigenvalue weighted by Crippen LogP contribution is 2.34. The monoisotopic (exact) mass is 711 g/mol. The van der Waals surface area contributed by atoms with Crippen molar-refractivity contribution in [2.45, 2.75) is 63.3 Å². The molecule has 5 aromatic rings. The van der Waals surface area contributed by atoms with Crippen LogP contribution in [-0.4, -0.2) is 49.4 Å². The van der Waals surface area contributed by atoms with E-state index < -0.39 is 42.8 Å². The third-order valence-corrected chi connectivity index (χ3v) is 8.30. The lowest BCUT2D eigenvalue weighted by Crippen LogP contribution is -2.62. The number of alkyl halides is 3. The van der Waals surface area contributed by atoms with E-state index in [2.05, 4.69) is 4.99 Å². The van der Waals surface area contributed by atoms with E-state index in [1.54, 1.807) is 18.2 Å². The number of aliphatic imine (C=N–C) groups is 1. The van der Waals surface area contributed by atoms with E-state index in [1.807, 2.05) is 121 Å². The first-order valence-corrected chi connectivity index (χ1v) is 17.0. The Bertz CT molecular complexity index is 1780. The molecule has 1 saturated heterocycles. The molecule has 270 valence electrons. The minimum atomic E-state index is -4.95. The molecule has 0 aliphatic carbocycles. The van der Waals surface area contributed by atoms with Crippen LogP contribution in [0.25, 0.3) is 0 Å². The minimum Gasteiger partial charge on any atom is -0.441 e. The lowest BCUT2D eigenvalue weighted by Gasteiger charge is -2.45. The van der Waals surface area contributed by atoms with Gasteiger partial charge in [-0.25, -0.2) is 4.99 Å². The standard InChI is InChI=1S/C42H40F3NO6/c43-42(44,45)41(46-35-24-14-5-15-25-35)52-40-39(50-29-34-22-12-4-13-23-34)38(49-28-33-20-10-3-11-21-33)37(48-27-32-18-8-2-9-19-32)36(51-40)30-47-26-31-16-6-1-7-17-31/h1-25,36-40H,26-30H2/t36-,37-,38+,39-,40+/m1/s1. The van der Waals surface area contributed by atoms with Crippen molar-refractivity contribution < 1.29 is 41.6 Å². The number of benzene rings is 5. The Morgan fingerprint density at radius 3 is 1.38 bits per heavy atom. The summed E-state index contributed by atoms with van der Waals surface area (Å²) in [7, 11) is 0. The lowest BCUT2D eigenvalue weighted by atomic mass is 9.97. The van der Waals surface area contributed by atoms with Crippen LogP contribution in [0, 0.1) is 0 Å². The van der Waals surface area contributed by atoms with Crippen molar-refractivity contribution in [2.75, 3.05) is 6.61 Å². The summed E-state index contributed by atoms with van der Waals surface area (Å²) in [6, 6.07) is 45.7. The van der Waals surface area contributed by atoms with Gasteiger partial charge in [-0.1, -0.05) is 140 Å². The highest BCUT2D eigenvalue weighted by atomic mass is 19.4. The van der Waals surface area contributed by atoms with E-state index in [1.165, 1.54) is 12.1 Å². The van der Waals surface area contributed by atoms with E-state index in [9.17, 15) is 13.2 Å². The normalized spacial score (nSPS) is 20.8. The number of hydrogen-bond donors (Lipinski definition) is 0. The summed E-state index contributed by atoms with van der Waals surface area (Å²) in [5.74, 6) is -1.48. The van der Waals surface area contributed by atoms with Crippen molar-refractivity contribution in [1.82, 2.24) is 0 Å². The molecular formula is C42H40F3NO6. The van der Waals surface area contributed by atoms with Crippen molar-refractivity contribution in [3.8, 4) is 0 Å². The molecule has 1 fully saturated rings. The van der Waals surface area contributed by atoms with Crippen molar-refractivity contribution in [1.29, 1.82) is 0 Å². The molecule has 0 bridgehead atoms. The van der Waals surface area contributed by atoms with Crippen molar-refractivity contribution in [2.24, 2.45) is 4.99 Å². The van der Waals surface area contributed by atoms with Gasteiger partial charge in [0.15, 0.2) is 0 Å². The van der Waals surface area contributed by atoms with Crippen LogP contribution in [0.3, 0.4) is 0 Å². The molecule has 5 aromatic carbocycles. The molecule has 0 unspecified atom stereocenters. The van der Waals surface area contributed by atoms with Gasteiger partial charge in [-0.15, -0.1) is 0 Å². The maximum Gasteiger partial charge on any atom is 0.468 e. The van der Waals surface area contributed by atoms with Gasteiger partial charge in [0.05, 0.1) is 38.7 Å². The Hall–Kier alpha value is -4.84. The van der Waals surface area contributed by atoms with Gasteiger partial charge in [-0.05, 0) is 34.4 Å². The third-order valence-electron chi connectivity index (χ3n) is 8.30. The first kappa shape index (κ1) is 36.9. The smallest absolute Gasteiger partial charge is 0.441 e. The van der Waals surface area contributed by atoms with Crippen LogP contribution in [0.5, 0.6) is 0 Å². The van der Waals surface area contributed by atoms with Gasteiger partial charge in [-0.3, -0.25) is 0 Å². The molecule has 0 N–H and O–H groups in total. The lowest BCUT2D eigenvalue weighted by molar-refractivity contribution is -0.316. The molecule has 5 atom stereocenters. The molecule has 6 rings (SSSR count). The molecule has 52 heavy (non-hydrogen) atoms. The molecule has 0 saturated carbocycles. The minimum absolute atomic E-state index is 0.0394. The van der Waals surface area contributed by atoms with Crippen molar-refractivity contribution >= 4 is 11.6 Å². The second kappa shape index (κ2) is 18.6. The first-order chi connectivity index (χ1) is 25.4. The molecule has 0 amide bonds. The molecule has 10 heteroatoms.